The Bertz CT molecular complexity index is 847. The zero-order chi connectivity index (χ0) is 20.9. The molecule has 0 radical (unpaired) electrons. The van der Waals surface area contributed by atoms with Crippen LogP contribution < -0.4 is 14.8 Å². The second kappa shape index (κ2) is 8.97. The molecule has 0 spiro atoms. The van der Waals surface area contributed by atoms with Crippen molar-refractivity contribution in [2.24, 2.45) is 0 Å². The molecule has 10 heteroatoms. The zero-order valence-electron chi connectivity index (χ0n) is 15.8. The number of likely N-dealkylation sites (tertiary alicyclic amines) is 1. The lowest BCUT2D eigenvalue weighted by molar-refractivity contribution is -0.141. The number of carbonyl (C=O) groups excluding carboxylic acids is 1. The molecule has 1 aromatic heterocycles. The predicted octanol–water partition coefficient (Wildman–Crippen LogP) is 3.97. The fourth-order valence-corrected chi connectivity index (χ4v) is 2.97. The third kappa shape index (κ3) is 5.49. The molecule has 1 N–H and O–H groups in total. The summed E-state index contributed by atoms with van der Waals surface area (Å²) < 4.78 is 49.4. The van der Waals surface area contributed by atoms with Gasteiger partial charge in [0.15, 0.2) is 5.69 Å². The molecule has 156 valence electrons. The maximum Gasteiger partial charge on any atom is 0.433 e. The summed E-state index contributed by atoms with van der Waals surface area (Å²) in [7, 11) is 0. The molecule has 0 bridgehead atoms. The van der Waals surface area contributed by atoms with Gasteiger partial charge in [-0.05, 0) is 38.0 Å². The highest BCUT2D eigenvalue weighted by atomic mass is 19.4. The van der Waals surface area contributed by atoms with Gasteiger partial charge in [-0.1, -0.05) is 12.1 Å². The SMILES string of the molecule is CCOc1ccccc1NC(=O)N1CCCC(Oc2nccc(C(F)(F)F)n2)C1. The Morgan fingerprint density at radius 2 is 2.10 bits per heavy atom. The fraction of sp³-hybridized carbons (Fsp3) is 0.421. The number of halogens is 3. The Morgan fingerprint density at radius 3 is 2.86 bits per heavy atom. The number of benzene rings is 1. The number of piperidine rings is 1. The fourth-order valence-electron chi connectivity index (χ4n) is 2.97. The van der Waals surface area contributed by atoms with Gasteiger partial charge in [0.25, 0.3) is 0 Å². The number of para-hydroxylation sites is 2. The van der Waals surface area contributed by atoms with Gasteiger partial charge in [0, 0.05) is 12.7 Å². The Balaban J connectivity index is 1.63. The number of carbonyl (C=O) groups is 1. The van der Waals surface area contributed by atoms with Crippen molar-refractivity contribution < 1.29 is 27.4 Å². The van der Waals surface area contributed by atoms with Gasteiger partial charge >= 0.3 is 18.2 Å². The topological polar surface area (TPSA) is 76.6 Å². The molecule has 1 unspecified atom stereocenters. The van der Waals surface area contributed by atoms with Gasteiger partial charge in [-0.25, -0.2) is 9.78 Å². The first-order valence-corrected chi connectivity index (χ1v) is 9.21. The van der Waals surface area contributed by atoms with E-state index < -0.39 is 18.0 Å². The van der Waals surface area contributed by atoms with Gasteiger partial charge in [-0.2, -0.15) is 18.2 Å². The van der Waals surface area contributed by atoms with Crippen LogP contribution in [0.25, 0.3) is 0 Å². The highest BCUT2D eigenvalue weighted by molar-refractivity contribution is 5.91. The number of aromatic nitrogens is 2. The van der Waals surface area contributed by atoms with E-state index in [1.165, 1.54) is 0 Å². The van der Waals surface area contributed by atoms with Gasteiger partial charge in [0.05, 0.1) is 18.8 Å². The summed E-state index contributed by atoms with van der Waals surface area (Å²) in [6.45, 7) is 3.03. The highest BCUT2D eigenvalue weighted by Gasteiger charge is 2.33. The molecule has 29 heavy (non-hydrogen) atoms. The molecule has 1 aliphatic rings. The van der Waals surface area contributed by atoms with E-state index in [1.54, 1.807) is 29.2 Å². The molecule has 7 nitrogen and oxygen atoms in total. The van der Waals surface area contributed by atoms with E-state index in [1.807, 2.05) is 6.92 Å². The molecule has 3 rings (SSSR count). The number of rotatable bonds is 5. The van der Waals surface area contributed by atoms with Crippen LogP contribution in [0.15, 0.2) is 36.5 Å². The number of hydrogen-bond donors (Lipinski definition) is 1. The molecule has 2 amide bonds. The van der Waals surface area contributed by atoms with E-state index in [-0.39, 0.29) is 18.6 Å². The lowest BCUT2D eigenvalue weighted by atomic mass is 10.1. The van der Waals surface area contributed by atoms with Crippen molar-refractivity contribution in [1.29, 1.82) is 0 Å². The van der Waals surface area contributed by atoms with Crippen LogP contribution >= 0.6 is 0 Å². The number of nitrogens with one attached hydrogen (secondary N) is 1. The minimum Gasteiger partial charge on any atom is -0.492 e. The van der Waals surface area contributed by atoms with Gasteiger partial charge in [0.1, 0.15) is 11.9 Å². The van der Waals surface area contributed by atoms with Gasteiger partial charge in [0.2, 0.25) is 0 Å². The maximum absolute atomic E-state index is 12.8. The van der Waals surface area contributed by atoms with Crippen LogP contribution in [0.3, 0.4) is 0 Å². The zero-order valence-corrected chi connectivity index (χ0v) is 15.8. The van der Waals surface area contributed by atoms with Crippen LogP contribution in [0.4, 0.5) is 23.7 Å². The summed E-state index contributed by atoms with van der Waals surface area (Å²) in [6.07, 6.45) is -2.85. The third-order valence-electron chi connectivity index (χ3n) is 4.29. The number of alkyl halides is 3. The Hall–Kier alpha value is -3.04. The van der Waals surface area contributed by atoms with Crippen molar-refractivity contribution in [3.63, 3.8) is 0 Å². The monoisotopic (exact) mass is 410 g/mol. The number of urea groups is 1. The summed E-state index contributed by atoms with van der Waals surface area (Å²) in [5.41, 5.74) is -0.524. The van der Waals surface area contributed by atoms with Gasteiger partial charge in [-0.3, -0.25) is 0 Å². The lowest BCUT2D eigenvalue weighted by Gasteiger charge is -2.32. The van der Waals surface area contributed by atoms with Gasteiger partial charge in [-0.15, -0.1) is 0 Å². The van der Waals surface area contributed by atoms with Crippen molar-refractivity contribution in [2.75, 3.05) is 25.0 Å². The van der Waals surface area contributed by atoms with Crippen LogP contribution in [0, 0.1) is 0 Å². The second-order valence-electron chi connectivity index (χ2n) is 6.41. The molecular formula is C19H21F3N4O3. The molecule has 2 aromatic rings. The van der Waals surface area contributed by atoms with Crippen molar-refractivity contribution >= 4 is 11.7 Å². The Labute approximate surface area is 165 Å². The van der Waals surface area contributed by atoms with E-state index in [0.717, 1.165) is 12.3 Å². The van der Waals surface area contributed by atoms with Crippen molar-refractivity contribution in [1.82, 2.24) is 14.9 Å². The molecule has 0 aliphatic carbocycles. The summed E-state index contributed by atoms with van der Waals surface area (Å²) in [6, 6.07) is 7.17. The van der Waals surface area contributed by atoms with Gasteiger partial charge < -0.3 is 19.7 Å². The molecule has 0 saturated carbocycles. The average Bonchev–Trinajstić information content (AvgIpc) is 2.69. The predicted molar refractivity (Wildman–Crippen MR) is 98.9 cm³/mol. The molecule has 1 aromatic carbocycles. The lowest BCUT2D eigenvalue weighted by Crippen LogP contribution is -2.46. The van der Waals surface area contributed by atoms with E-state index in [4.69, 9.17) is 9.47 Å². The van der Waals surface area contributed by atoms with Crippen LogP contribution in [0.1, 0.15) is 25.5 Å². The molecule has 1 saturated heterocycles. The molecular weight excluding hydrogens is 389 g/mol. The van der Waals surface area contributed by atoms with Crippen LogP contribution in [-0.2, 0) is 6.18 Å². The average molecular weight is 410 g/mol. The van der Waals surface area contributed by atoms with E-state index >= 15 is 0 Å². The third-order valence-corrected chi connectivity index (χ3v) is 4.29. The normalized spacial score (nSPS) is 17.0. The van der Waals surface area contributed by atoms with Crippen molar-refractivity contribution in [2.45, 2.75) is 32.0 Å². The summed E-state index contributed by atoms with van der Waals surface area (Å²) >= 11 is 0. The first-order valence-electron chi connectivity index (χ1n) is 9.21. The first kappa shape index (κ1) is 20.7. The molecule has 1 fully saturated rings. The largest absolute Gasteiger partial charge is 0.492 e. The number of anilines is 1. The summed E-state index contributed by atoms with van der Waals surface area (Å²) in [5, 5.41) is 2.80. The van der Waals surface area contributed by atoms with Crippen molar-refractivity contribution in [3.8, 4) is 11.8 Å². The van der Waals surface area contributed by atoms with E-state index in [0.29, 0.717) is 37.4 Å². The van der Waals surface area contributed by atoms with Crippen LogP contribution in [0.5, 0.6) is 11.8 Å². The number of hydrogen-bond acceptors (Lipinski definition) is 5. The summed E-state index contributed by atoms with van der Waals surface area (Å²) in [4.78, 5) is 21.3. The van der Waals surface area contributed by atoms with E-state index in [2.05, 4.69) is 15.3 Å². The maximum atomic E-state index is 12.8. The minimum absolute atomic E-state index is 0.211. The highest BCUT2D eigenvalue weighted by Crippen LogP contribution is 2.28. The van der Waals surface area contributed by atoms with Crippen LogP contribution in [-0.4, -0.2) is 46.7 Å². The quantitative estimate of drug-likeness (QED) is 0.807. The summed E-state index contributed by atoms with van der Waals surface area (Å²) in [5.74, 6) is 0.561. The Morgan fingerprint density at radius 1 is 1.31 bits per heavy atom. The standard InChI is InChI=1S/C19H21F3N4O3/c1-2-28-15-8-4-3-7-14(15)24-18(27)26-11-5-6-13(12-26)29-17-23-10-9-16(25-17)19(20,21)22/h3-4,7-10,13H,2,5-6,11-12H2,1H3,(H,24,27). The van der Waals surface area contributed by atoms with Crippen molar-refractivity contribution in [3.05, 3.63) is 42.2 Å². The number of amides is 2. The smallest absolute Gasteiger partial charge is 0.433 e. The Kier molecular flexibility index (Phi) is 6.40. The second-order valence-corrected chi connectivity index (χ2v) is 6.41. The minimum atomic E-state index is -4.58. The molecule has 1 atom stereocenters. The van der Waals surface area contributed by atoms with E-state index in [9.17, 15) is 18.0 Å². The first-order chi connectivity index (χ1) is 13.9. The van der Waals surface area contributed by atoms with Crippen LogP contribution in [0.2, 0.25) is 0 Å². The molecule has 1 aliphatic heterocycles. The number of ether oxygens (including phenoxy) is 2. The number of nitrogens with zero attached hydrogens (tertiary/aromatic N) is 3. The molecule has 2 heterocycles.